The SMILES string of the molecule is COc1cc2c(CPC)cc1=2. The van der Waals surface area contributed by atoms with Crippen LogP contribution in [-0.4, -0.2) is 13.8 Å². The largest absolute Gasteiger partial charge is 0.496 e. The monoisotopic (exact) mass is 166 g/mol. The molecular weight excluding hydrogens is 155 g/mol. The Hall–Kier alpha value is -0.550. The van der Waals surface area contributed by atoms with E-state index in [4.69, 9.17) is 4.74 Å². The molecule has 2 rings (SSSR count). The van der Waals surface area contributed by atoms with Gasteiger partial charge in [0, 0.05) is 5.22 Å². The van der Waals surface area contributed by atoms with Gasteiger partial charge in [0.1, 0.15) is 5.75 Å². The Balaban J connectivity index is 2.26. The molecule has 0 saturated heterocycles. The van der Waals surface area contributed by atoms with E-state index in [0.29, 0.717) is 0 Å². The van der Waals surface area contributed by atoms with Gasteiger partial charge >= 0.3 is 0 Å². The molecule has 0 radical (unpaired) electrons. The van der Waals surface area contributed by atoms with Crippen LogP contribution in [0, 0.1) is 10.4 Å². The molecule has 0 bridgehead atoms. The van der Waals surface area contributed by atoms with Crippen molar-refractivity contribution in [2.75, 3.05) is 13.8 Å². The second kappa shape index (κ2) is 2.49. The van der Waals surface area contributed by atoms with Crippen LogP contribution in [0.25, 0.3) is 0 Å². The summed E-state index contributed by atoms with van der Waals surface area (Å²) in [6, 6.07) is 4.37. The second-order valence-electron chi connectivity index (χ2n) is 2.74. The topological polar surface area (TPSA) is 9.23 Å². The van der Waals surface area contributed by atoms with E-state index in [1.165, 1.54) is 22.2 Å². The fourth-order valence-electron chi connectivity index (χ4n) is 1.44. The maximum absolute atomic E-state index is 5.11. The van der Waals surface area contributed by atoms with Crippen LogP contribution in [0.2, 0.25) is 0 Å². The van der Waals surface area contributed by atoms with E-state index < -0.39 is 0 Å². The van der Waals surface area contributed by atoms with Crippen molar-refractivity contribution >= 4 is 8.58 Å². The van der Waals surface area contributed by atoms with Crippen LogP contribution in [-0.2, 0) is 6.16 Å². The maximum Gasteiger partial charge on any atom is 0.127 e. The van der Waals surface area contributed by atoms with Crippen molar-refractivity contribution in [2.45, 2.75) is 6.16 Å². The van der Waals surface area contributed by atoms with E-state index in [0.717, 1.165) is 14.3 Å². The van der Waals surface area contributed by atoms with Crippen molar-refractivity contribution in [1.29, 1.82) is 0 Å². The van der Waals surface area contributed by atoms with E-state index in [2.05, 4.69) is 18.8 Å². The lowest BCUT2D eigenvalue weighted by molar-refractivity contribution is 0.406. The minimum Gasteiger partial charge on any atom is -0.496 e. The predicted molar refractivity (Wildman–Crippen MR) is 48.6 cm³/mol. The summed E-state index contributed by atoms with van der Waals surface area (Å²) >= 11 is 0. The molecule has 2 aliphatic carbocycles. The lowest BCUT2D eigenvalue weighted by Gasteiger charge is -2.15. The minimum atomic E-state index is 1.03. The molecule has 58 valence electrons. The molecule has 0 heterocycles. The summed E-state index contributed by atoms with van der Waals surface area (Å²) < 4.78 is 5.11. The van der Waals surface area contributed by atoms with Crippen LogP contribution >= 0.6 is 8.58 Å². The summed E-state index contributed by atoms with van der Waals surface area (Å²) in [5.41, 5.74) is 1.52. The summed E-state index contributed by atoms with van der Waals surface area (Å²) in [4.78, 5) is 0. The van der Waals surface area contributed by atoms with E-state index in [-0.39, 0.29) is 0 Å². The summed E-state index contributed by atoms with van der Waals surface area (Å²) in [5.74, 6) is 1.06. The number of benzene rings is 1. The van der Waals surface area contributed by atoms with Gasteiger partial charge in [0.2, 0.25) is 0 Å². The van der Waals surface area contributed by atoms with Crippen molar-refractivity contribution in [2.24, 2.45) is 0 Å². The van der Waals surface area contributed by atoms with Gasteiger partial charge in [0.25, 0.3) is 0 Å². The number of hydrogen-bond donors (Lipinski definition) is 0. The zero-order valence-electron chi connectivity index (χ0n) is 6.77. The fraction of sp³-hybridized carbons (Fsp3) is 0.333. The van der Waals surface area contributed by atoms with Crippen molar-refractivity contribution in [3.8, 4) is 5.75 Å². The van der Waals surface area contributed by atoms with Crippen LogP contribution in [0.3, 0.4) is 0 Å². The third-order valence-corrected chi connectivity index (χ3v) is 2.82. The van der Waals surface area contributed by atoms with Crippen LogP contribution < -0.4 is 4.74 Å². The highest BCUT2D eigenvalue weighted by molar-refractivity contribution is 7.36. The van der Waals surface area contributed by atoms with Crippen LogP contribution in [0.15, 0.2) is 12.1 Å². The first-order valence-corrected chi connectivity index (χ1v) is 5.43. The maximum atomic E-state index is 5.11. The van der Waals surface area contributed by atoms with Crippen molar-refractivity contribution in [3.63, 3.8) is 0 Å². The predicted octanol–water partition coefficient (Wildman–Crippen LogP) is 2.10. The quantitative estimate of drug-likeness (QED) is 0.634. The van der Waals surface area contributed by atoms with Gasteiger partial charge in [-0.05, 0) is 35.7 Å². The Morgan fingerprint density at radius 1 is 1.36 bits per heavy atom. The molecule has 0 saturated carbocycles. The molecular formula is C9H11OP. The van der Waals surface area contributed by atoms with Gasteiger partial charge in [-0.25, -0.2) is 0 Å². The second-order valence-corrected chi connectivity index (χ2v) is 3.80. The van der Waals surface area contributed by atoms with Gasteiger partial charge in [0.05, 0.1) is 7.11 Å². The Morgan fingerprint density at radius 2 is 2.18 bits per heavy atom. The highest BCUT2D eigenvalue weighted by atomic mass is 31.1. The van der Waals surface area contributed by atoms with Crippen molar-refractivity contribution in [1.82, 2.24) is 0 Å². The van der Waals surface area contributed by atoms with E-state index >= 15 is 0 Å². The summed E-state index contributed by atoms with van der Waals surface area (Å²) in [6.45, 7) is 2.24. The zero-order valence-corrected chi connectivity index (χ0v) is 7.77. The van der Waals surface area contributed by atoms with Crippen molar-refractivity contribution < 1.29 is 4.74 Å². The van der Waals surface area contributed by atoms with Gasteiger partial charge in [-0.15, -0.1) is 8.58 Å². The lowest BCUT2D eigenvalue weighted by atomic mass is 9.99. The molecule has 0 aliphatic heterocycles. The summed E-state index contributed by atoms with van der Waals surface area (Å²) in [7, 11) is 2.75. The third-order valence-electron chi connectivity index (χ3n) is 2.08. The van der Waals surface area contributed by atoms with E-state index in [1.54, 1.807) is 7.11 Å². The molecule has 11 heavy (non-hydrogen) atoms. The molecule has 0 aromatic carbocycles. The Labute approximate surface area is 67.9 Å². The first kappa shape index (κ1) is 7.12. The molecule has 2 heteroatoms. The Bertz CT molecular complexity index is 370. The zero-order chi connectivity index (χ0) is 7.84. The fourth-order valence-corrected chi connectivity index (χ4v) is 2.11. The molecule has 2 aliphatic rings. The van der Waals surface area contributed by atoms with Gasteiger partial charge in [-0.1, -0.05) is 0 Å². The van der Waals surface area contributed by atoms with Gasteiger partial charge in [-0.3, -0.25) is 0 Å². The molecule has 0 N–H and O–H groups in total. The standard InChI is InChI=1S/C9H11OP/c1-10-9-4-7-6(5-11-2)3-8(7)9/h3-4,11H,5H2,1-2H3. The molecule has 1 unspecified atom stereocenters. The summed E-state index contributed by atoms with van der Waals surface area (Å²) in [6.07, 6.45) is 1.24. The molecule has 1 atom stereocenters. The number of ether oxygens (including phenoxy) is 1. The van der Waals surface area contributed by atoms with Gasteiger partial charge in [-0.2, -0.15) is 0 Å². The van der Waals surface area contributed by atoms with E-state index in [1.807, 2.05) is 0 Å². The minimum absolute atomic E-state index is 1.03. The summed E-state index contributed by atoms with van der Waals surface area (Å²) in [5, 5.41) is 2.77. The molecule has 1 nitrogen and oxygen atoms in total. The third kappa shape index (κ3) is 0.877. The van der Waals surface area contributed by atoms with Gasteiger partial charge in [0.15, 0.2) is 0 Å². The highest BCUT2D eigenvalue weighted by Crippen LogP contribution is 2.30. The Morgan fingerprint density at radius 3 is 2.64 bits per heavy atom. The van der Waals surface area contributed by atoms with Crippen molar-refractivity contribution in [3.05, 3.63) is 28.1 Å². The van der Waals surface area contributed by atoms with E-state index in [9.17, 15) is 0 Å². The van der Waals surface area contributed by atoms with Gasteiger partial charge < -0.3 is 4.74 Å². The smallest absolute Gasteiger partial charge is 0.127 e. The normalized spacial score (nSPS) is 12.5. The lowest BCUT2D eigenvalue weighted by Crippen LogP contribution is -1.99. The molecule has 0 amide bonds. The van der Waals surface area contributed by atoms with Crippen LogP contribution in [0.5, 0.6) is 5.75 Å². The average Bonchev–Trinajstić information content (AvgIpc) is 1.99. The number of methoxy groups -OCH3 is 1. The highest BCUT2D eigenvalue weighted by Gasteiger charge is 2.11. The average molecular weight is 166 g/mol. The number of hydrogen-bond acceptors (Lipinski definition) is 1. The first-order chi connectivity index (χ1) is 5.36. The first-order valence-electron chi connectivity index (χ1n) is 3.72. The molecule has 0 spiro atoms. The molecule has 0 aromatic heterocycles. The van der Waals surface area contributed by atoms with Crippen LogP contribution in [0.1, 0.15) is 5.56 Å². The van der Waals surface area contributed by atoms with Crippen LogP contribution in [0.4, 0.5) is 0 Å². The Kier molecular flexibility index (Phi) is 1.61. The molecule has 0 fully saturated rings. The number of rotatable bonds is 3. The molecule has 0 aromatic rings.